The SMILES string of the molecule is CCCC12CCC[C@@](C)(C(=O)OC)C1CCC1=CC=CC=CC12. The van der Waals surface area contributed by atoms with Gasteiger partial charge < -0.3 is 4.74 Å². The predicted octanol–water partition coefficient (Wildman–Crippen LogP) is 5.21. The Bertz CT molecular complexity index is 552. The highest BCUT2D eigenvalue weighted by atomic mass is 16.5. The largest absolute Gasteiger partial charge is 0.469 e. The first-order valence-electron chi connectivity index (χ1n) is 9.21. The number of rotatable bonds is 3. The highest BCUT2D eigenvalue weighted by Gasteiger charge is 2.59. The lowest BCUT2D eigenvalue weighted by Crippen LogP contribution is -2.54. The van der Waals surface area contributed by atoms with Gasteiger partial charge in [-0.1, -0.05) is 55.7 Å². The van der Waals surface area contributed by atoms with Crippen LogP contribution in [0.4, 0.5) is 0 Å². The summed E-state index contributed by atoms with van der Waals surface area (Å²) >= 11 is 0. The molecule has 2 nitrogen and oxygen atoms in total. The van der Waals surface area contributed by atoms with Crippen molar-refractivity contribution in [3.63, 3.8) is 0 Å². The molecule has 126 valence electrons. The third-order valence-electron chi connectivity index (χ3n) is 6.75. The average Bonchev–Trinajstić information content (AvgIpc) is 2.80. The number of fused-ring (bicyclic) bond motifs is 3. The van der Waals surface area contributed by atoms with E-state index in [1.807, 2.05) is 0 Å². The lowest BCUT2D eigenvalue weighted by atomic mass is 9.45. The molecule has 0 aliphatic heterocycles. The first kappa shape index (κ1) is 16.5. The number of hydrogen-bond acceptors (Lipinski definition) is 2. The molecular formula is C21H30O2. The zero-order valence-electron chi connectivity index (χ0n) is 14.8. The first-order valence-corrected chi connectivity index (χ1v) is 9.21. The van der Waals surface area contributed by atoms with Crippen LogP contribution >= 0.6 is 0 Å². The van der Waals surface area contributed by atoms with Crippen LogP contribution in [0.5, 0.6) is 0 Å². The van der Waals surface area contributed by atoms with Crippen molar-refractivity contribution in [2.24, 2.45) is 22.7 Å². The summed E-state index contributed by atoms with van der Waals surface area (Å²) in [5.41, 5.74) is 1.47. The molecule has 0 N–H and O–H groups in total. The Balaban J connectivity index is 2.07. The van der Waals surface area contributed by atoms with E-state index in [0.29, 0.717) is 11.8 Å². The minimum Gasteiger partial charge on any atom is -0.469 e. The van der Waals surface area contributed by atoms with Crippen LogP contribution in [-0.4, -0.2) is 13.1 Å². The molecule has 4 atom stereocenters. The second-order valence-corrected chi connectivity index (χ2v) is 7.83. The standard InChI is InChI=1S/C21H30O2/c1-4-13-21-15-8-14-20(2,19(22)23-3)18(21)12-11-16-9-6-5-7-10-17(16)21/h5-7,9-10,17-18H,4,8,11-15H2,1-3H3/t17?,18?,20-,21?/m1/s1. The average molecular weight is 314 g/mol. The minimum absolute atomic E-state index is 0.00540. The second-order valence-electron chi connectivity index (χ2n) is 7.83. The van der Waals surface area contributed by atoms with Crippen molar-refractivity contribution < 1.29 is 9.53 Å². The van der Waals surface area contributed by atoms with Crippen LogP contribution in [0.2, 0.25) is 0 Å². The maximum Gasteiger partial charge on any atom is 0.311 e. The molecule has 3 unspecified atom stereocenters. The van der Waals surface area contributed by atoms with E-state index in [-0.39, 0.29) is 16.8 Å². The number of hydrogen-bond donors (Lipinski definition) is 0. The zero-order valence-corrected chi connectivity index (χ0v) is 14.8. The Hall–Kier alpha value is -1.31. The van der Waals surface area contributed by atoms with Gasteiger partial charge in [0.25, 0.3) is 0 Å². The Labute approximate surface area is 140 Å². The summed E-state index contributed by atoms with van der Waals surface area (Å²) in [6.07, 6.45) is 19.2. The summed E-state index contributed by atoms with van der Waals surface area (Å²) in [7, 11) is 1.55. The molecule has 0 aromatic carbocycles. The van der Waals surface area contributed by atoms with Crippen molar-refractivity contribution in [2.45, 2.75) is 58.8 Å². The van der Waals surface area contributed by atoms with Crippen LogP contribution in [0.25, 0.3) is 0 Å². The third-order valence-corrected chi connectivity index (χ3v) is 6.75. The van der Waals surface area contributed by atoms with Gasteiger partial charge in [0.1, 0.15) is 0 Å². The fraction of sp³-hybridized carbons (Fsp3) is 0.667. The van der Waals surface area contributed by atoms with Crippen molar-refractivity contribution in [1.29, 1.82) is 0 Å². The number of carbonyl (C=O) groups excluding carboxylic acids is 1. The molecule has 0 amide bonds. The van der Waals surface area contributed by atoms with Gasteiger partial charge in [-0.25, -0.2) is 0 Å². The summed E-state index contributed by atoms with van der Waals surface area (Å²) in [5, 5.41) is 0. The molecular weight excluding hydrogens is 284 g/mol. The number of ether oxygens (including phenoxy) is 1. The van der Waals surface area contributed by atoms with Crippen LogP contribution < -0.4 is 0 Å². The Morgan fingerprint density at radius 1 is 1.30 bits per heavy atom. The van der Waals surface area contributed by atoms with E-state index in [1.54, 1.807) is 12.7 Å². The van der Waals surface area contributed by atoms with Crippen molar-refractivity contribution >= 4 is 5.97 Å². The van der Waals surface area contributed by atoms with Gasteiger partial charge in [-0.05, 0) is 50.4 Å². The molecule has 2 fully saturated rings. The van der Waals surface area contributed by atoms with E-state index in [4.69, 9.17) is 4.74 Å². The lowest BCUT2D eigenvalue weighted by molar-refractivity contribution is -0.168. The summed E-state index contributed by atoms with van der Waals surface area (Å²) in [6.45, 7) is 4.45. The molecule has 2 saturated carbocycles. The van der Waals surface area contributed by atoms with Gasteiger partial charge >= 0.3 is 5.97 Å². The van der Waals surface area contributed by atoms with Crippen LogP contribution in [0.3, 0.4) is 0 Å². The Kier molecular flexibility index (Phi) is 4.53. The fourth-order valence-corrected chi connectivity index (χ4v) is 5.90. The summed E-state index contributed by atoms with van der Waals surface area (Å²) in [5.74, 6) is 0.923. The number of esters is 1. The van der Waals surface area contributed by atoms with Crippen LogP contribution in [0.1, 0.15) is 58.8 Å². The van der Waals surface area contributed by atoms with Crippen molar-refractivity contribution in [2.75, 3.05) is 7.11 Å². The van der Waals surface area contributed by atoms with E-state index in [0.717, 1.165) is 25.7 Å². The topological polar surface area (TPSA) is 26.3 Å². The maximum atomic E-state index is 12.7. The molecule has 3 rings (SSSR count). The summed E-state index contributed by atoms with van der Waals surface area (Å²) < 4.78 is 5.24. The van der Waals surface area contributed by atoms with E-state index >= 15 is 0 Å². The molecule has 2 heteroatoms. The van der Waals surface area contributed by atoms with Crippen LogP contribution in [-0.2, 0) is 9.53 Å². The van der Waals surface area contributed by atoms with Gasteiger partial charge in [-0.3, -0.25) is 4.79 Å². The summed E-state index contributed by atoms with van der Waals surface area (Å²) in [6, 6.07) is 0. The van der Waals surface area contributed by atoms with Crippen LogP contribution in [0.15, 0.2) is 36.0 Å². The molecule has 0 aromatic rings. The highest BCUT2D eigenvalue weighted by molar-refractivity contribution is 5.77. The first-order chi connectivity index (χ1) is 11.1. The number of methoxy groups -OCH3 is 1. The van der Waals surface area contributed by atoms with Gasteiger partial charge in [0.2, 0.25) is 0 Å². The molecule has 0 aromatic heterocycles. The molecule has 0 saturated heterocycles. The van der Waals surface area contributed by atoms with Gasteiger partial charge in [-0.2, -0.15) is 0 Å². The Morgan fingerprint density at radius 2 is 2.13 bits per heavy atom. The molecule has 3 aliphatic rings. The third kappa shape index (κ3) is 2.51. The number of allylic oxidation sites excluding steroid dienone is 6. The van der Waals surface area contributed by atoms with Gasteiger partial charge in [0.15, 0.2) is 0 Å². The van der Waals surface area contributed by atoms with Gasteiger partial charge in [0, 0.05) is 5.92 Å². The van der Waals surface area contributed by atoms with E-state index < -0.39 is 0 Å². The zero-order chi connectivity index (χ0) is 16.5. The maximum absolute atomic E-state index is 12.7. The molecule has 0 heterocycles. The van der Waals surface area contributed by atoms with Gasteiger partial charge in [0.05, 0.1) is 12.5 Å². The number of carbonyl (C=O) groups is 1. The minimum atomic E-state index is -0.318. The molecule has 0 spiro atoms. The van der Waals surface area contributed by atoms with Crippen LogP contribution in [0, 0.1) is 22.7 Å². The predicted molar refractivity (Wildman–Crippen MR) is 93.9 cm³/mol. The van der Waals surface area contributed by atoms with Crippen molar-refractivity contribution in [3.8, 4) is 0 Å². The summed E-state index contributed by atoms with van der Waals surface area (Å²) in [4.78, 5) is 12.7. The Morgan fingerprint density at radius 3 is 2.87 bits per heavy atom. The monoisotopic (exact) mass is 314 g/mol. The van der Waals surface area contributed by atoms with Crippen molar-refractivity contribution in [1.82, 2.24) is 0 Å². The quantitative estimate of drug-likeness (QED) is 0.668. The molecule has 0 radical (unpaired) electrons. The van der Waals surface area contributed by atoms with Crippen molar-refractivity contribution in [3.05, 3.63) is 36.0 Å². The molecule has 3 aliphatic carbocycles. The van der Waals surface area contributed by atoms with E-state index in [1.165, 1.54) is 19.3 Å². The fourth-order valence-electron chi connectivity index (χ4n) is 5.90. The molecule has 23 heavy (non-hydrogen) atoms. The molecule has 0 bridgehead atoms. The smallest absolute Gasteiger partial charge is 0.311 e. The van der Waals surface area contributed by atoms with Gasteiger partial charge in [-0.15, -0.1) is 0 Å². The lowest BCUT2D eigenvalue weighted by Gasteiger charge is -2.58. The second kappa shape index (κ2) is 6.30. The van der Waals surface area contributed by atoms with E-state index in [2.05, 4.69) is 44.2 Å². The normalized spacial score (nSPS) is 39.0. The van der Waals surface area contributed by atoms with E-state index in [9.17, 15) is 4.79 Å². The highest BCUT2D eigenvalue weighted by Crippen LogP contribution is 2.64.